The lowest BCUT2D eigenvalue weighted by atomic mass is 10.2. The quantitative estimate of drug-likeness (QED) is 0.504. The van der Waals surface area contributed by atoms with Crippen LogP contribution in [0.2, 0.25) is 0 Å². The first-order valence-electron chi connectivity index (χ1n) is 4.71. The normalized spacial score (nSPS) is 10.7. The van der Waals surface area contributed by atoms with Gasteiger partial charge in [0.25, 0.3) is 5.69 Å². The van der Waals surface area contributed by atoms with Crippen molar-refractivity contribution in [1.82, 2.24) is 5.32 Å². The van der Waals surface area contributed by atoms with Gasteiger partial charge in [0.1, 0.15) is 5.75 Å². The van der Waals surface area contributed by atoms with Crippen molar-refractivity contribution < 1.29 is 27.6 Å². The molecule has 0 heterocycles. The first-order valence-corrected chi connectivity index (χ1v) is 4.71. The van der Waals surface area contributed by atoms with Crippen LogP contribution in [-0.4, -0.2) is 24.4 Å². The molecule has 0 aliphatic heterocycles. The van der Waals surface area contributed by atoms with Gasteiger partial charge in [-0.15, -0.1) is 0 Å². The van der Waals surface area contributed by atoms with Crippen LogP contribution >= 0.6 is 0 Å². The number of hydrogen-bond donors (Lipinski definition) is 2. The average molecular weight is 279 g/mol. The lowest BCUT2D eigenvalue weighted by molar-refractivity contribution is -0.384. The Bertz CT molecular complexity index is 504. The van der Waals surface area contributed by atoms with Gasteiger partial charge >= 0.3 is 12.3 Å². The van der Waals surface area contributed by atoms with Gasteiger partial charge in [-0.3, -0.25) is 10.1 Å². The fraction of sp³-hybridized carbons (Fsp3) is 0.222. The smallest absolute Gasteiger partial charge is 0.485 e. The van der Waals surface area contributed by atoms with Crippen LogP contribution in [-0.2, 0) is 0 Å². The summed E-state index contributed by atoms with van der Waals surface area (Å²) in [7, 11) is 1.16. The summed E-state index contributed by atoms with van der Waals surface area (Å²) in [5.74, 6) is -0.133. The molecule has 10 heteroatoms. The highest BCUT2D eigenvalue weighted by molar-refractivity contribution is 5.91. The molecule has 1 rings (SSSR count). The second kappa shape index (κ2) is 5.42. The van der Waals surface area contributed by atoms with Crippen LogP contribution in [0.15, 0.2) is 18.2 Å². The highest BCUT2D eigenvalue weighted by Crippen LogP contribution is 2.29. The maximum absolute atomic E-state index is 11.9. The number of nitro benzene ring substituents is 1. The van der Waals surface area contributed by atoms with Crippen LogP contribution in [0, 0.1) is 10.1 Å². The predicted octanol–water partition coefficient (Wildman–Crippen LogP) is 2.24. The molecule has 0 unspecified atom stereocenters. The number of amides is 2. The second-order valence-electron chi connectivity index (χ2n) is 3.22. The average Bonchev–Trinajstić information content (AvgIpc) is 2.26. The maximum atomic E-state index is 11.9. The molecule has 0 atom stereocenters. The van der Waals surface area contributed by atoms with Gasteiger partial charge in [-0.25, -0.2) is 10.1 Å². The Labute approximate surface area is 104 Å². The molecule has 2 amide bonds. The Hall–Kier alpha value is -2.52. The fourth-order valence-electron chi connectivity index (χ4n) is 1.18. The Kier molecular flexibility index (Phi) is 4.14. The Balaban J connectivity index is 2.89. The van der Waals surface area contributed by atoms with E-state index in [9.17, 15) is 28.1 Å². The van der Waals surface area contributed by atoms with E-state index in [-0.39, 0.29) is 17.1 Å². The SMILES string of the molecule is COc1cc([N+](=O)[O-])ccc1NC(=O)NC(F)(F)F. The van der Waals surface area contributed by atoms with E-state index in [4.69, 9.17) is 4.74 Å². The van der Waals surface area contributed by atoms with Gasteiger partial charge in [0.15, 0.2) is 0 Å². The molecule has 0 aliphatic rings. The minimum absolute atomic E-state index is 0.130. The number of ether oxygens (including phenoxy) is 1. The first kappa shape index (κ1) is 14.5. The third-order valence-electron chi connectivity index (χ3n) is 1.90. The third kappa shape index (κ3) is 4.33. The standard InChI is InChI=1S/C9H8F3N3O4/c1-19-7-4-5(15(17)18)2-3-6(7)13-8(16)14-9(10,11)12/h2-4H,1H3,(H2,13,14,16). The highest BCUT2D eigenvalue weighted by Gasteiger charge is 2.30. The predicted molar refractivity (Wildman–Crippen MR) is 57.9 cm³/mol. The Morgan fingerprint density at radius 1 is 1.42 bits per heavy atom. The highest BCUT2D eigenvalue weighted by atomic mass is 19.4. The summed E-state index contributed by atoms with van der Waals surface area (Å²) in [5.41, 5.74) is -0.450. The van der Waals surface area contributed by atoms with Crippen molar-refractivity contribution in [3.05, 3.63) is 28.3 Å². The van der Waals surface area contributed by atoms with Crippen LogP contribution in [0.3, 0.4) is 0 Å². The number of nitrogens with one attached hydrogen (secondary N) is 2. The van der Waals surface area contributed by atoms with Gasteiger partial charge in [-0.05, 0) is 6.07 Å². The lowest BCUT2D eigenvalue weighted by Crippen LogP contribution is -2.40. The van der Waals surface area contributed by atoms with E-state index in [2.05, 4.69) is 0 Å². The van der Waals surface area contributed by atoms with Crippen molar-refractivity contribution in [3.63, 3.8) is 0 Å². The molecule has 0 fully saturated rings. The van der Waals surface area contributed by atoms with Gasteiger partial charge in [0, 0.05) is 6.07 Å². The molecule has 1 aromatic rings. The van der Waals surface area contributed by atoms with Crippen molar-refractivity contribution in [2.45, 2.75) is 6.30 Å². The molecular weight excluding hydrogens is 271 g/mol. The summed E-state index contributed by atoms with van der Waals surface area (Å²) < 4.78 is 40.3. The van der Waals surface area contributed by atoms with E-state index in [1.165, 1.54) is 0 Å². The van der Waals surface area contributed by atoms with Crippen molar-refractivity contribution in [2.75, 3.05) is 12.4 Å². The largest absolute Gasteiger partial charge is 0.494 e. The number of methoxy groups -OCH3 is 1. The lowest BCUT2D eigenvalue weighted by Gasteiger charge is -2.12. The van der Waals surface area contributed by atoms with Gasteiger partial charge in [-0.1, -0.05) is 0 Å². The monoisotopic (exact) mass is 279 g/mol. The van der Waals surface area contributed by atoms with E-state index in [0.29, 0.717) is 5.32 Å². The summed E-state index contributed by atoms with van der Waals surface area (Å²) >= 11 is 0. The summed E-state index contributed by atoms with van der Waals surface area (Å²) in [6, 6.07) is 1.53. The van der Waals surface area contributed by atoms with Crippen molar-refractivity contribution in [1.29, 1.82) is 0 Å². The molecule has 2 N–H and O–H groups in total. The van der Waals surface area contributed by atoms with Gasteiger partial charge in [0.05, 0.1) is 23.8 Å². The molecular formula is C9H8F3N3O4. The molecule has 0 aliphatic carbocycles. The summed E-state index contributed by atoms with van der Waals surface area (Å²) in [4.78, 5) is 20.8. The van der Waals surface area contributed by atoms with Gasteiger partial charge < -0.3 is 10.1 Å². The van der Waals surface area contributed by atoms with Gasteiger partial charge in [0.2, 0.25) is 0 Å². The number of non-ortho nitro benzene ring substituents is 1. The Morgan fingerprint density at radius 2 is 2.05 bits per heavy atom. The second-order valence-corrected chi connectivity index (χ2v) is 3.22. The molecule has 19 heavy (non-hydrogen) atoms. The minimum atomic E-state index is -4.88. The molecule has 104 valence electrons. The molecule has 0 bridgehead atoms. The Morgan fingerprint density at radius 3 is 2.53 bits per heavy atom. The van der Waals surface area contributed by atoms with E-state index < -0.39 is 17.3 Å². The number of rotatable bonds is 3. The zero-order valence-corrected chi connectivity index (χ0v) is 9.45. The number of halogens is 3. The fourth-order valence-corrected chi connectivity index (χ4v) is 1.18. The van der Waals surface area contributed by atoms with E-state index in [0.717, 1.165) is 25.3 Å². The summed E-state index contributed by atoms with van der Waals surface area (Å²) in [6.45, 7) is 0. The number of carbonyl (C=O) groups is 1. The van der Waals surface area contributed by atoms with Crippen LogP contribution < -0.4 is 15.4 Å². The number of alkyl halides is 3. The van der Waals surface area contributed by atoms with Crippen molar-refractivity contribution >= 4 is 17.4 Å². The maximum Gasteiger partial charge on any atom is 0.485 e. The van der Waals surface area contributed by atoms with Crippen molar-refractivity contribution in [2.24, 2.45) is 0 Å². The number of anilines is 1. The van der Waals surface area contributed by atoms with E-state index >= 15 is 0 Å². The number of benzene rings is 1. The first-order chi connectivity index (χ1) is 8.73. The molecule has 0 aromatic heterocycles. The van der Waals surface area contributed by atoms with E-state index in [1.54, 1.807) is 0 Å². The third-order valence-corrected chi connectivity index (χ3v) is 1.90. The summed E-state index contributed by atoms with van der Waals surface area (Å²) in [5, 5.41) is 13.1. The molecule has 0 saturated heterocycles. The topological polar surface area (TPSA) is 93.5 Å². The molecule has 7 nitrogen and oxygen atoms in total. The number of urea groups is 1. The summed E-state index contributed by atoms with van der Waals surface area (Å²) in [6.07, 6.45) is -4.88. The zero-order chi connectivity index (χ0) is 14.6. The van der Waals surface area contributed by atoms with Crippen molar-refractivity contribution in [3.8, 4) is 5.75 Å². The number of nitrogens with zero attached hydrogens (tertiary/aromatic N) is 1. The van der Waals surface area contributed by atoms with Gasteiger partial charge in [-0.2, -0.15) is 13.2 Å². The number of carbonyl (C=O) groups excluding carboxylic acids is 1. The van der Waals surface area contributed by atoms with E-state index in [1.807, 2.05) is 5.32 Å². The molecule has 0 radical (unpaired) electrons. The molecule has 1 aromatic carbocycles. The molecule has 0 spiro atoms. The minimum Gasteiger partial charge on any atom is -0.494 e. The number of hydrogen-bond acceptors (Lipinski definition) is 4. The van der Waals surface area contributed by atoms with Crippen LogP contribution in [0.25, 0.3) is 0 Å². The van der Waals surface area contributed by atoms with Crippen LogP contribution in [0.1, 0.15) is 0 Å². The molecule has 0 saturated carbocycles. The zero-order valence-electron chi connectivity index (χ0n) is 9.45. The number of nitro groups is 1. The van der Waals surface area contributed by atoms with Crippen LogP contribution in [0.4, 0.5) is 29.3 Å². The van der Waals surface area contributed by atoms with Crippen LogP contribution in [0.5, 0.6) is 5.75 Å².